The summed E-state index contributed by atoms with van der Waals surface area (Å²) in [6, 6.07) is 11.6. The lowest BCUT2D eigenvalue weighted by molar-refractivity contribution is 0.102. The Hall–Kier alpha value is -2.29. The molecule has 2 aromatic carbocycles. The Labute approximate surface area is 138 Å². The minimum atomic E-state index is -0.0481. The number of carbonyl (C=O) groups excluding carboxylic acids is 1. The van der Waals surface area contributed by atoms with E-state index in [2.05, 4.69) is 37.1 Å². The minimum absolute atomic E-state index is 0.0481. The van der Waals surface area contributed by atoms with E-state index < -0.39 is 0 Å². The molecule has 3 heteroatoms. The number of nitrogens with zero attached hydrogens (tertiary/aromatic N) is 1. The summed E-state index contributed by atoms with van der Waals surface area (Å²) < 4.78 is 0. The number of hydrogen-bond donors (Lipinski definition) is 1. The van der Waals surface area contributed by atoms with Crippen LogP contribution < -0.4 is 10.2 Å². The average Bonchev–Trinajstić information content (AvgIpc) is 3.06. The van der Waals surface area contributed by atoms with Crippen molar-refractivity contribution in [2.75, 3.05) is 23.3 Å². The van der Waals surface area contributed by atoms with E-state index in [1.165, 1.54) is 29.7 Å². The molecule has 1 amide bonds. The smallest absolute Gasteiger partial charge is 0.255 e. The molecule has 1 N–H and O–H groups in total. The summed E-state index contributed by atoms with van der Waals surface area (Å²) in [4.78, 5) is 15.0. The van der Waals surface area contributed by atoms with Crippen LogP contribution >= 0.6 is 0 Å². The van der Waals surface area contributed by atoms with E-state index in [0.717, 1.165) is 24.3 Å². The molecule has 1 aliphatic heterocycles. The fraction of sp³-hybridized carbons (Fsp3) is 0.350. The lowest BCUT2D eigenvalue weighted by atomic mass is 10.0. The highest BCUT2D eigenvalue weighted by Gasteiger charge is 2.20. The third kappa shape index (κ3) is 3.09. The van der Waals surface area contributed by atoms with Crippen LogP contribution in [-0.2, 0) is 0 Å². The number of hydrogen-bond acceptors (Lipinski definition) is 2. The summed E-state index contributed by atoms with van der Waals surface area (Å²) in [5.74, 6) is -0.0481. The third-order valence-electron chi connectivity index (χ3n) is 4.63. The highest BCUT2D eigenvalue weighted by atomic mass is 16.1. The molecule has 0 saturated carbocycles. The molecule has 0 aliphatic carbocycles. The van der Waals surface area contributed by atoms with Crippen LogP contribution in [0.2, 0.25) is 0 Å². The number of benzene rings is 2. The topological polar surface area (TPSA) is 32.3 Å². The molecule has 0 aromatic heterocycles. The standard InChI is InChI=1S/C20H24N2O/c1-14-13-15(2)19(22-11-7-8-12-22)16(3)18(14)21-20(23)17-9-5-4-6-10-17/h4-6,9-10,13H,7-8,11-12H2,1-3H3,(H,21,23). The molecular formula is C20H24N2O. The van der Waals surface area contributed by atoms with Crippen molar-refractivity contribution in [1.29, 1.82) is 0 Å². The van der Waals surface area contributed by atoms with Crippen LogP contribution in [-0.4, -0.2) is 19.0 Å². The van der Waals surface area contributed by atoms with Gasteiger partial charge in [0.15, 0.2) is 0 Å². The first-order valence-electron chi connectivity index (χ1n) is 8.30. The van der Waals surface area contributed by atoms with E-state index in [9.17, 15) is 4.79 Å². The van der Waals surface area contributed by atoms with Gasteiger partial charge in [-0.05, 0) is 62.4 Å². The Bertz CT molecular complexity index is 716. The first kappa shape index (κ1) is 15.6. The third-order valence-corrected chi connectivity index (χ3v) is 4.63. The number of carbonyl (C=O) groups is 1. The summed E-state index contributed by atoms with van der Waals surface area (Å²) in [6.07, 6.45) is 2.50. The fourth-order valence-electron chi connectivity index (χ4n) is 3.57. The highest BCUT2D eigenvalue weighted by Crippen LogP contribution is 2.35. The van der Waals surface area contributed by atoms with Crippen LogP contribution in [0.1, 0.15) is 39.9 Å². The summed E-state index contributed by atoms with van der Waals surface area (Å²) in [5, 5.41) is 3.12. The zero-order valence-electron chi connectivity index (χ0n) is 14.1. The second-order valence-electron chi connectivity index (χ2n) is 6.37. The van der Waals surface area contributed by atoms with Crippen LogP contribution in [0, 0.1) is 20.8 Å². The molecular weight excluding hydrogens is 284 g/mol. The van der Waals surface area contributed by atoms with Crippen molar-refractivity contribution in [3.05, 3.63) is 58.7 Å². The van der Waals surface area contributed by atoms with E-state index in [1.54, 1.807) is 0 Å². The summed E-state index contributed by atoms with van der Waals surface area (Å²) in [5.41, 5.74) is 6.51. The molecule has 0 spiro atoms. The van der Waals surface area contributed by atoms with Crippen molar-refractivity contribution < 1.29 is 4.79 Å². The van der Waals surface area contributed by atoms with Gasteiger partial charge in [-0.2, -0.15) is 0 Å². The van der Waals surface area contributed by atoms with Crippen LogP contribution in [0.3, 0.4) is 0 Å². The monoisotopic (exact) mass is 308 g/mol. The number of anilines is 2. The zero-order valence-corrected chi connectivity index (χ0v) is 14.1. The predicted molar refractivity (Wildman–Crippen MR) is 96.5 cm³/mol. The number of amides is 1. The van der Waals surface area contributed by atoms with Gasteiger partial charge in [0.25, 0.3) is 5.91 Å². The van der Waals surface area contributed by atoms with Crippen molar-refractivity contribution in [2.45, 2.75) is 33.6 Å². The lowest BCUT2D eigenvalue weighted by Gasteiger charge is -2.26. The summed E-state index contributed by atoms with van der Waals surface area (Å²) >= 11 is 0. The molecule has 2 aromatic rings. The molecule has 0 radical (unpaired) electrons. The SMILES string of the molecule is Cc1cc(C)c(N2CCCC2)c(C)c1NC(=O)c1ccccc1. The normalized spacial score (nSPS) is 14.1. The van der Waals surface area contributed by atoms with E-state index in [0.29, 0.717) is 5.56 Å². The second-order valence-corrected chi connectivity index (χ2v) is 6.37. The molecule has 0 bridgehead atoms. The van der Waals surface area contributed by atoms with Gasteiger partial charge < -0.3 is 10.2 Å². The Morgan fingerprint density at radius 2 is 1.65 bits per heavy atom. The van der Waals surface area contributed by atoms with Gasteiger partial charge in [-0.15, -0.1) is 0 Å². The summed E-state index contributed by atoms with van der Waals surface area (Å²) in [6.45, 7) is 8.56. The van der Waals surface area contributed by atoms with E-state index in [4.69, 9.17) is 0 Å². The van der Waals surface area contributed by atoms with Gasteiger partial charge in [0, 0.05) is 30.0 Å². The van der Waals surface area contributed by atoms with Crippen molar-refractivity contribution in [1.82, 2.24) is 0 Å². The largest absolute Gasteiger partial charge is 0.371 e. The maximum Gasteiger partial charge on any atom is 0.255 e. The van der Waals surface area contributed by atoms with Crippen LogP contribution in [0.25, 0.3) is 0 Å². The van der Waals surface area contributed by atoms with E-state index in [-0.39, 0.29) is 5.91 Å². The first-order chi connectivity index (χ1) is 11.1. The first-order valence-corrected chi connectivity index (χ1v) is 8.30. The predicted octanol–water partition coefficient (Wildman–Crippen LogP) is 4.46. The minimum Gasteiger partial charge on any atom is -0.371 e. The Morgan fingerprint density at radius 3 is 2.30 bits per heavy atom. The van der Waals surface area contributed by atoms with Gasteiger partial charge in [0.05, 0.1) is 0 Å². The maximum atomic E-state index is 12.5. The van der Waals surface area contributed by atoms with Gasteiger partial charge in [-0.3, -0.25) is 4.79 Å². The second kappa shape index (κ2) is 6.45. The van der Waals surface area contributed by atoms with Gasteiger partial charge in [-0.1, -0.05) is 24.3 Å². The molecule has 1 saturated heterocycles. The quantitative estimate of drug-likeness (QED) is 0.907. The molecule has 1 aliphatic rings. The number of nitrogens with one attached hydrogen (secondary N) is 1. The molecule has 120 valence electrons. The van der Waals surface area contributed by atoms with Gasteiger partial charge >= 0.3 is 0 Å². The Morgan fingerprint density at radius 1 is 1.00 bits per heavy atom. The van der Waals surface area contributed by atoms with Crippen molar-refractivity contribution in [2.24, 2.45) is 0 Å². The molecule has 23 heavy (non-hydrogen) atoms. The molecule has 0 atom stereocenters. The highest BCUT2D eigenvalue weighted by molar-refractivity contribution is 6.05. The Balaban J connectivity index is 1.95. The van der Waals surface area contributed by atoms with Crippen molar-refractivity contribution in [3.63, 3.8) is 0 Å². The molecule has 0 unspecified atom stereocenters. The summed E-state index contributed by atoms with van der Waals surface area (Å²) in [7, 11) is 0. The van der Waals surface area contributed by atoms with Gasteiger partial charge in [-0.25, -0.2) is 0 Å². The average molecular weight is 308 g/mol. The molecule has 3 rings (SSSR count). The van der Waals surface area contributed by atoms with E-state index >= 15 is 0 Å². The van der Waals surface area contributed by atoms with Crippen LogP contribution in [0.5, 0.6) is 0 Å². The number of aryl methyl sites for hydroxylation is 2. The van der Waals surface area contributed by atoms with Gasteiger partial charge in [0.1, 0.15) is 0 Å². The van der Waals surface area contributed by atoms with E-state index in [1.807, 2.05) is 30.3 Å². The van der Waals surface area contributed by atoms with Crippen LogP contribution in [0.4, 0.5) is 11.4 Å². The molecule has 1 fully saturated rings. The van der Waals surface area contributed by atoms with Crippen LogP contribution in [0.15, 0.2) is 36.4 Å². The van der Waals surface area contributed by atoms with Crippen molar-refractivity contribution >= 4 is 17.3 Å². The molecule has 3 nitrogen and oxygen atoms in total. The Kier molecular flexibility index (Phi) is 4.37. The lowest BCUT2D eigenvalue weighted by Crippen LogP contribution is -2.22. The fourth-order valence-corrected chi connectivity index (χ4v) is 3.57. The molecule has 1 heterocycles. The zero-order chi connectivity index (χ0) is 16.4. The van der Waals surface area contributed by atoms with Gasteiger partial charge in [0.2, 0.25) is 0 Å². The van der Waals surface area contributed by atoms with Crippen molar-refractivity contribution in [3.8, 4) is 0 Å². The number of rotatable bonds is 3. The maximum absolute atomic E-state index is 12.5.